The summed E-state index contributed by atoms with van der Waals surface area (Å²) in [4.78, 5) is 17.1. The number of methoxy groups -OCH3 is 1. The lowest BCUT2D eigenvalue weighted by molar-refractivity contribution is 0.102. The first-order valence-electron chi connectivity index (χ1n) is 9.27. The van der Waals surface area contributed by atoms with E-state index < -0.39 is 0 Å². The number of hydrogen-bond donors (Lipinski definition) is 3. The number of aromatic amines is 1. The molecule has 1 saturated heterocycles. The number of nitrogens with zero attached hydrogens (tertiary/aromatic N) is 4. The highest BCUT2D eigenvalue weighted by atomic mass is 16.5. The van der Waals surface area contributed by atoms with E-state index in [4.69, 9.17) is 4.74 Å². The first-order chi connectivity index (χ1) is 13.6. The normalized spacial score (nSPS) is 14.8. The molecule has 0 unspecified atom stereocenters. The Bertz CT molecular complexity index is 955. The van der Waals surface area contributed by atoms with Crippen LogP contribution in [0.5, 0.6) is 5.75 Å². The Morgan fingerprint density at radius 3 is 2.71 bits per heavy atom. The van der Waals surface area contributed by atoms with Crippen molar-refractivity contribution in [3.63, 3.8) is 0 Å². The molecule has 1 amide bonds. The fourth-order valence-electron chi connectivity index (χ4n) is 3.28. The SMILES string of the molecule is COc1ccc(-c2cc(C(=O)Nc3nc(C4CCNCC4)nn3C)[nH]n2)cc1. The first kappa shape index (κ1) is 18.2. The predicted molar refractivity (Wildman–Crippen MR) is 104 cm³/mol. The van der Waals surface area contributed by atoms with Crippen molar-refractivity contribution in [3.8, 4) is 17.0 Å². The maximum atomic E-state index is 12.6. The quantitative estimate of drug-likeness (QED) is 0.623. The van der Waals surface area contributed by atoms with Crippen molar-refractivity contribution >= 4 is 11.9 Å². The molecule has 28 heavy (non-hydrogen) atoms. The molecule has 0 radical (unpaired) electrons. The van der Waals surface area contributed by atoms with Gasteiger partial charge in [0.1, 0.15) is 11.4 Å². The molecular weight excluding hydrogens is 358 g/mol. The van der Waals surface area contributed by atoms with Gasteiger partial charge in [0, 0.05) is 18.5 Å². The third-order valence-electron chi connectivity index (χ3n) is 4.92. The maximum Gasteiger partial charge on any atom is 0.276 e. The third kappa shape index (κ3) is 3.74. The molecular formula is C19H23N7O2. The van der Waals surface area contributed by atoms with Gasteiger partial charge in [-0.15, -0.1) is 0 Å². The number of hydrogen-bond acceptors (Lipinski definition) is 6. The summed E-state index contributed by atoms with van der Waals surface area (Å²) in [7, 11) is 3.40. The highest BCUT2D eigenvalue weighted by Gasteiger charge is 2.22. The van der Waals surface area contributed by atoms with Gasteiger partial charge in [0.15, 0.2) is 5.82 Å². The summed E-state index contributed by atoms with van der Waals surface area (Å²) in [5, 5.41) is 17.6. The van der Waals surface area contributed by atoms with Crippen LogP contribution < -0.4 is 15.4 Å². The topological polar surface area (TPSA) is 110 Å². The van der Waals surface area contributed by atoms with E-state index in [2.05, 4.69) is 30.9 Å². The number of carbonyl (C=O) groups is 1. The van der Waals surface area contributed by atoms with Crippen molar-refractivity contribution in [2.75, 3.05) is 25.5 Å². The number of amides is 1. The van der Waals surface area contributed by atoms with Crippen molar-refractivity contribution in [1.82, 2.24) is 30.3 Å². The average molecular weight is 381 g/mol. The molecule has 0 spiro atoms. The molecule has 1 aliphatic heterocycles. The van der Waals surface area contributed by atoms with E-state index in [1.54, 1.807) is 24.9 Å². The zero-order valence-corrected chi connectivity index (χ0v) is 15.9. The Kier molecular flexibility index (Phi) is 5.07. The molecule has 3 N–H and O–H groups in total. The van der Waals surface area contributed by atoms with Crippen molar-refractivity contribution in [2.45, 2.75) is 18.8 Å². The number of carbonyl (C=O) groups excluding carboxylic acids is 1. The number of piperidine rings is 1. The van der Waals surface area contributed by atoms with Gasteiger partial charge in [0.2, 0.25) is 5.95 Å². The van der Waals surface area contributed by atoms with Gasteiger partial charge in [-0.3, -0.25) is 15.2 Å². The van der Waals surface area contributed by atoms with Crippen LogP contribution in [0.25, 0.3) is 11.3 Å². The minimum absolute atomic E-state index is 0.306. The zero-order chi connectivity index (χ0) is 19.5. The molecule has 0 saturated carbocycles. The van der Waals surface area contributed by atoms with Gasteiger partial charge in [-0.1, -0.05) is 0 Å². The number of H-pyrrole nitrogens is 1. The molecule has 0 atom stereocenters. The van der Waals surface area contributed by atoms with Gasteiger partial charge in [-0.25, -0.2) is 4.68 Å². The predicted octanol–water partition coefficient (Wildman–Crippen LogP) is 1.93. The Morgan fingerprint density at radius 2 is 2.00 bits per heavy atom. The van der Waals surface area contributed by atoms with E-state index in [0.717, 1.165) is 43.1 Å². The largest absolute Gasteiger partial charge is 0.497 e. The number of ether oxygens (including phenoxy) is 1. The number of benzene rings is 1. The summed E-state index contributed by atoms with van der Waals surface area (Å²) in [6.07, 6.45) is 2.01. The van der Waals surface area contributed by atoms with Gasteiger partial charge < -0.3 is 10.1 Å². The smallest absolute Gasteiger partial charge is 0.276 e. The average Bonchev–Trinajstić information content (AvgIpc) is 3.36. The van der Waals surface area contributed by atoms with E-state index in [1.807, 2.05) is 24.3 Å². The van der Waals surface area contributed by atoms with E-state index in [1.165, 1.54) is 0 Å². The second-order valence-electron chi connectivity index (χ2n) is 6.79. The molecule has 1 fully saturated rings. The van der Waals surface area contributed by atoms with E-state index >= 15 is 0 Å². The van der Waals surface area contributed by atoms with Crippen LogP contribution in [-0.2, 0) is 7.05 Å². The first-order valence-corrected chi connectivity index (χ1v) is 9.27. The van der Waals surface area contributed by atoms with Crippen LogP contribution in [0.1, 0.15) is 35.1 Å². The Hall–Kier alpha value is -3.20. The number of anilines is 1. The highest BCUT2D eigenvalue weighted by molar-refractivity contribution is 6.02. The molecule has 1 aliphatic rings. The monoisotopic (exact) mass is 381 g/mol. The van der Waals surface area contributed by atoms with Crippen molar-refractivity contribution < 1.29 is 9.53 Å². The molecule has 2 aromatic heterocycles. The van der Waals surface area contributed by atoms with Crippen LogP contribution in [0.2, 0.25) is 0 Å². The molecule has 4 rings (SSSR count). The highest BCUT2D eigenvalue weighted by Crippen LogP contribution is 2.24. The molecule has 9 heteroatoms. The number of rotatable bonds is 5. The Labute approximate surface area is 162 Å². The summed E-state index contributed by atoms with van der Waals surface area (Å²) < 4.78 is 6.77. The summed E-state index contributed by atoms with van der Waals surface area (Å²) in [6, 6.07) is 9.20. The molecule has 1 aromatic carbocycles. The minimum Gasteiger partial charge on any atom is -0.497 e. The van der Waals surface area contributed by atoms with Crippen LogP contribution in [0.3, 0.4) is 0 Å². The van der Waals surface area contributed by atoms with E-state index in [0.29, 0.717) is 23.3 Å². The van der Waals surface area contributed by atoms with Gasteiger partial charge in [0.05, 0.1) is 12.8 Å². The van der Waals surface area contributed by atoms with Crippen molar-refractivity contribution in [1.29, 1.82) is 0 Å². The standard InChI is InChI=1S/C19H23N7O2/c1-26-19(21-17(25-26)13-7-9-20-10-8-13)22-18(27)16-11-15(23-24-16)12-3-5-14(28-2)6-4-12/h3-6,11,13,20H,7-10H2,1-2H3,(H,23,24)(H,21,22,25,27). The Balaban J connectivity index is 1.46. The Morgan fingerprint density at radius 1 is 1.25 bits per heavy atom. The second kappa shape index (κ2) is 7.81. The summed E-state index contributed by atoms with van der Waals surface area (Å²) in [5.41, 5.74) is 1.93. The zero-order valence-electron chi connectivity index (χ0n) is 15.9. The van der Waals surface area contributed by atoms with Gasteiger partial charge in [0.25, 0.3) is 5.91 Å². The summed E-state index contributed by atoms with van der Waals surface area (Å²) >= 11 is 0. The van der Waals surface area contributed by atoms with Crippen LogP contribution in [-0.4, -0.2) is 51.1 Å². The fraction of sp³-hybridized carbons (Fsp3) is 0.368. The molecule has 146 valence electrons. The number of aryl methyl sites for hydroxylation is 1. The van der Waals surface area contributed by atoms with E-state index in [-0.39, 0.29) is 5.91 Å². The van der Waals surface area contributed by atoms with Crippen LogP contribution in [0.15, 0.2) is 30.3 Å². The lowest BCUT2D eigenvalue weighted by Crippen LogP contribution is -2.27. The minimum atomic E-state index is -0.306. The molecule has 9 nitrogen and oxygen atoms in total. The van der Waals surface area contributed by atoms with Crippen molar-refractivity contribution in [2.24, 2.45) is 7.05 Å². The third-order valence-corrected chi connectivity index (χ3v) is 4.92. The van der Waals surface area contributed by atoms with Crippen LogP contribution in [0, 0.1) is 0 Å². The van der Waals surface area contributed by atoms with E-state index in [9.17, 15) is 4.79 Å². The fourth-order valence-corrected chi connectivity index (χ4v) is 3.28. The number of aromatic nitrogens is 5. The molecule has 0 bridgehead atoms. The summed E-state index contributed by atoms with van der Waals surface area (Å²) in [5.74, 6) is 2.00. The lowest BCUT2D eigenvalue weighted by Gasteiger charge is -2.19. The second-order valence-corrected chi connectivity index (χ2v) is 6.79. The number of nitrogens with one attached hydrogen (secondary N) is 3. The molecule has 3 aromatic rings. The molecule has 0 aliphatic carbocycles. The molecule has 3 heterocycles. The van der Waals surface area contributed by atoms with Gasteiger partial charge in [-0.05, 0) is 56.3 Å². The maximum absolute atomic E-state index is 12.6. The summed E-state index contributed by atoms with van der Waals surface area (Å²) in [6.45, 7) is 1.93. The van der Waals surface area contributed by atoms with Crippen molar-refractivity contribution in [3.05, 3.63) is 41.9 Å². The van der Waals surface area contributed by atoms with Gasteiger partial charge in [-0.2, -0.15) is 15.2 Å². The van der Waals surface area contributed by atoms with Gasteiger partial charge >= 0.3 is 0 Å². The lowest BCUT2D eigenvalue weighted by atomic mass is 9.98. The van der Waals surface area contributed by atoms with Crippen LogP contribution in [0.4, 0.5) is 5.95 Å². The van der Waals surface area contributed by atoms with Crippen LogP contribution >= 0.6 is 0 Å².